The predicted molar refractivity (Wildman–Crippen MR) is 81.3 cm³/mol. The first-order valence-electron chi connectivity index (χ1n) is 7.40. The molecule has 0 aliphatic carbocycles. The molecule has 5 heteroatoms. The lowest BCUT2D eigenvalue weighted by molar-refractivity contribution is -0.131. The van der Waals surface area contributed by atoms with E-state index in [-0.39, 0.29) is 11.9 Å². The van der Waals surface area contributed by atoms with Gasteiger partial charge < -0.3 is 9.47 Å². The third-order valence-corrected chi connectivity index (χ3v) is 3.22. The maximum absolute atomic E-state index is 12.2. The van der Waals surface area contributed by atoms with Crippen molar-refractivity contribution in [1.82, 2.24) is 19.8 Å². The molecule has 0 saturated heterocycles. The second-order valence-electron chi connectivity index (χ2n) is 5.83. The quantitative estimate of drug-likeness (QED) is 0.791. The number of rotatable bonds is 8. The molecule has 20 heavy (non-hydrogen) atoms. The Morgan fingerprint density at radius 3 is 2.70 bits per heavy atom. The Hall–Kier alpha value is -1.36. The number of aryl methyl sites for hydroxylation is 1. The van der Waals surface area contributed by atoms with Gasteiger partial charge in [0, 0.05) is 33.0 Å². The van der Waals surface area contributed by atoms with Crippen molar-refractivity contribution in [2.24, 2.45) is 5.92 Å². The van der Waals surface area contributed by atoms with Crippen LogP contribution in [0.25, 0.3) is 0 Å². The summed E-state index contributed by atoms with van der Waals surface area (Å²) in [6.07, 6.45) is 5.73. The summed E-state index contributed by atoms with van der Waals surface area (Å²) in [4.78, 5) is 18.2. The minimum absolute atomic E-state index is 0.132. The summed E-state index contributed by atoms with van der Waals surface area (Å²) in [5.74, 6) is 1.60. The molecule has 1 aromatic heterocycles. The fourth-order valence-corrected chi connectivity index (χ4v) is 2.22. The van der Waals surface area contributed by atoms with Crippen molar-refractivity contribution in [2.45, 2.75) is 52.7 Å². The van der Waals surface area contributed by atoms with Crippen LogP contribution in [0.15, 0.2) is 12.4 Å². The second-order valence-corrected chi connectivity index (χ2v) is 5.83. The molecule has 0 spiro atoms. The number of carbonyl (C=O) groups excluding carboxylic acids is 1. The number of aromatic nitrogens is 2. The van der Waals surface area contributed by atoms with Gasteiger partial charge in [-0.05, 0) is 18.8 Å². The molecule has 0 aliphatic rings. The highest BCUT2D eigenvalue weighted by atomic mass is 16.2. The lowest BCUT2D eigenvalue weighted by Gasteiger charge is -2.23. The summed E-state index contributed by atoms with van der Waals surface area (Å²) >= 11 is 0. The Morgan fingerprint density at radius 1 is 1.45 bits per heavy atom. The van der Waals surface area contributed by atoms with Crippen molar-refractivity contribution in [3.05, 3.63) is 18.2 Å². The van der Waals surface area contributed by atoms with Crippen LogP contribution in [-0.4, -0.2) is 40.5 Å². The maximum atomic E-state index is 12.2. The van der Waals surface area contributed by atoms with Crippen LogP contribution in [0.5, 0.6) is 0 Å². The Labute approximate surface area is 122 Å². The smallest absolute Gasteiger partial charge is 0.239 e. The summed E-state index contributed by atoms with van der Waals surface area (Å²) in [5, 5.41) is 3.36. The summed E-state index contributed by atoms with van der Waals surface area (Å²) in [6, 6.07) is -0.142. The van der Waals surface area contributed by atoms with E-state index < -0.39 is 0 Å². The third-order valence-electron chi connectivity index (χ3n) is 3.22. The monoisotopic (exact) mass is 280 g/mol. The van der Waals surface area contributed by atoms with Gasteiger partial charge in [-0.25, -0.2) is 4.98 Å². The molecular weight excluding hydrogens is 252 g/mol. The molecule has 0 aliphatic heterocycles. The number of hydrogen-bond donors (Lipinski definition) is 1. The van der Waals surface area contributed by atoms with Crippen molar-refractivity contribution < 1.29 is 4.79 Å². The van der Waals surface area contributed by atoms with Crippen molar-refractivity contribution in [3.8, 4) is 0 Å². The lowest BCUT2D eigenvalue weighted by Crippen LogP contribution is -2.44. The number of amides is 1. The number of likely N-dealkylation sites (N-methyl/N-ethyl adjacent to an activating group) is 1. The first-order chi connectivity index (χ1) is 9.45. The van der Waals surface area contributed by atoms with Gasteiger partial charge in [-0.1, -0.05) is 20.8 Å². The zero-order valence-electron chi connectivity index (χ0n) is 13.4. The van der Waals surface area contributed by atoms with Gasteiger partial charge in [0.15, 0.2) is 0 Å². The third kappa shape index (κ3) is 4.96. The molecule has 5 nitrogen and oxygen atoms in total. The van der Waals surface area contributed by atoms with Gasteiger partial charge >= 0.3 is 0 Å². The van der Waals surface area contributed by atoms with E-state index in [2.05, 4.69) is 35.6 Å². The number of carbonyl (C=O) groups is 1. The van der Waals surface area contributed by atoms with Crippen LogP contribution in [0.3, 0.4) is 0 Å². The SMILES string of the molecule is CCCn1ccnc1CNC(CC(C)C)C(=O)N(C)C. The molecule has 0 saturated carbocycles. The van der Waals surface area contributed by atoms with Gasteiger partial charge in [0.2, 0.25) is 5.91 Å². The molecule has 1 aromatic rings. The normalized spacial score (nSPS) is 12.7. The average Bonchev–Trinajstić information content (AvgIpc) is 2.81. The Morgan fingerprint density at radius 2 is 2.15 bits per heavy atom. The predicted octanol–water partition coefficient (Wildman–Crippen LogP) is 1.89. The number of nitrogens with one attached hydrogen (secondary N) is 1. The van der Waals surface area contributed by atoms with Crippen LogP contribution in [-0.2, 0) is 17.9 Å². The van der Waals surface area contributed by atoms with Crippen LogP contribution in [0.4, 0.5) is 0 Å². The molecule has 1 N–H and O–H groups in total. The molecule has 1 rings (SSSR count). The Balaban J connectivity index is 2.65. The molecule has 0 fully saturated rings. The van der Waals surface area contributed by atoms with Crippen LogP contribution in [0.1, 0.15) is 39.4 Å². The number of hydrogen-bond acceptors (Lipinski definition) is 3. The van der Waals surface area contributed by atoms with Gasteiger partial charge in [0.25, 0.3) is 0 Å². The first kappa shape index (κ1) is 16.7. The highest BCUT2D eigenvalue weighted by Gasteiger charge is 2.21. The van der Waals surface area contributed by atoms with Gasteiger partial charge in [-0.2, -0.15) is 0 Å². The minimum Gasteiger partial charge on any atom is -0.347 e. The van der Waals surface area contributed by atoms with Crippen LogP contribution < -0.4 is 5.32 Å². The first-order valence-corrected chi connectivity index (χ1v) is 7.40. The Bertz CT molecular complexity index is 412. The highest BCUT2D eigenvalue weighted by Crippen LogP contribution is 2.08. The van der Waals surface area contributed by atoms with Crippen LogP contribution in [0, 0.1) is 5.92 Å². The largest absolute Gasteiger partial charge is 0.347 e. The van der Waals surface area contributed by atoms with E-state index >= 15 is 0 Å². The standard InChI is InChI=1S/C15H28N4O/c1-6-8-19-9-7-16-14(19)11-17-13(10-12(2)3)15(20)18(4)5/h7,9,12-13,17H,6,8,10-11H2,1-5H3. The molecule has 0 bridgehead atoms. The van der Waals surface area contributed by atoms with Crippen molar-refractivity contribution in [3.63, 3.8) is 0 Å². The van der Waals surface area contributed by atoms with Gasteiger partial charge in [0.1, 0.15) is 5.82 Å². The van der Waals surface area contributed by atoms with Crippen molar-refractivity contribution in [2.75, 3.05) is 14.1 Å². The van der Waals surface area contributed by atoms with E-state index in [4.69, 9.17) is 0 Å². The molecule has 1 unspecified atom stereocenters. The molecule has 0 aromatic carbocycles. The van der Waals surface area contributed by atoms with E-state index in [9.17, 15) is 4.79 Å². The minimum atomic E-state index is -0.142. The van der Waals surface area contributed by atoms with E-state index in [1.807, 2.05) is 12.4 Å². The Kier molecular flexibility index (Phi) is 6.71. The molecule has 1 atom stereocenters. The fourth-order valence-electron chi connectivity index (χ4n) is 2.22. The van der Waals surface area contributed by atoms with Crippen molar-refractivity contribution in [1.29, 1.82) is 0 Å². The summed E-state index contributed by atoms with van der Waals surface area (Å²) in [7, 11) is 3.60. The summed E-state index contributed by atoms with van der Waals surface area (Å²) in [6.45, 7) is 8.01. The van der Waals surface area contributed by atoms with E-state index in [1.54, 1.807) is 19.0 Å². The van der Waals surface area contributed by atoms with Gasteiger partial charge in [-0.15, -0.1) is 0 Å². The maximum Gasteiger partial charge on any atom is 0.239 e. The zero-order valence-corrected chi connectivity index (χ0v) is 13.4. The highest BCUT2D eigenvalue weighted by molar-refractivity contribution is 5.81. The molecule has 1 heterocycles. The van der Waals surface area contributed by atoms with Gasteiger partial charge in [-0.3, -0.25) is 10.1 Å². The van der Waals surface area contributed by atoms with Crippen molar-refractivity contribution >= 4 is 5.91 Å². The molecular formula is C15H28N4O. The topological polar surface area (TPSA) is 50.2 Å². The zero-order chi connectivity index (χ0) is 15.1. The van der Waals surface area contributed by atoms with E-state index in [1.165, 1.54) is 0 Å². The lowest BCUT2D eigenvalue weighted by atomic mass is 10.0. The summed E-state index contributed by atoms with van der Waals surface area (Å²) < 4.78 is 2.14. The number of imidazole rings is 1. The fraction of sp³-hybridized carbons (Fsp3) is 0.733. The van der Waals surface area contributed by atoms with Gasteiger partial charge in [0.05, 0.1) is 12.6 Å². The molecule has 1 amide bonds. The average molecular weight is 280 g/mol. The van der Waals surface area contributed by atoms with E-state index in [0.29, 0.717) is 12.5 Å². The summed E-state index contributed by atoms with van der Waals surface area (Å²) in [5.41, 5.74) is 0. The molecule has 0 radical (unpaired) electrons. The van der Waals surface area contributed by atoms with Crippen LogP contribution in [0.2, 0.25) is 0 Å². The molecule has 114 valence electrons. The van der Waals surface area contributed by atoms with E-state index in [0.717, 1.165) is 25.2 Å². The number of nitrogens with zero attached hydrogens (tertiary/aromatic N) is 3. The van der Waals surface area contributed by atoms with Crippen LogP contribution >= 0.6 is 0 Å². The second kappa shape index (κ2) is 8.04.